The van der Waals surface area contributed by atoms with Crippen molar-refractivity contribution in [3.8, 4) is 5.75 Å². The number of nitrogen functional groups attached to an aromatic ring is 1. The summed E-state index contributed by atoms with van der Waals surface area (Å²) in [5.74, 6) is 0.718. The molecule has 0 bridgehead atoms. The molecule has 0 aliphatic carbocycles. The highest BCUT2D eigenvalue weighted by molar-refractivity contribution is 5.41. The van der Waals surface area contributed by atoms with Crippen LogP contribution in [0.3, 0.4) is 0 Å². The summed E-state index contributed by atoms with van der Waals surface area (Å²) < 4.78 is 8.27. The van der Waals surface area contributed by atoms with Crippen LogP contribution in [0.5, 0.6) is 5.75 Å². The van der Waals surface area contributed by atoms with Crippen LogP contribution in [0, 0.1) is 0 Å². The lowest BCUT2D eigenvalue weighted by molar-refractivity contribution is 0.299. The van der Waals surface area contributed by atoms with E-state index < -0.39 is 0 Å². The van der Waals surface area contributed by atoms with Gasteiger partial charge in [-0.3, -0.25) is 9.36 Å². The molecule has 21 heavy (non-hydrogen) atoms. The van der Waals surface area contributed by atoms with E-state index in [1.54, 1.807) is 24.3 Å². The van der Waals surface area contributed by atoms with Crippen LogP contribution in [0.2, 0.25) is 0 Å². The standard InChI is InChI=1S/C15H19N3O3/c1-2-17-10-8-14(19)18(15(17)20)9-3-11-21-13-6-4-12(16)5-7-13/h4-8,10H,2-3,9,11,16H2,1H3. The van der Waals surface area contributed by atoms with Crippen LogP contribution < -0.4 is 21.7 Å². The van der Waals surface area contributed by atoms with Crippen molar-refractivity contribution in [1.82, 2.24) is 9.13 Å². The number of nitrogens with zero attached hydrogens (tertiary/aromatic N) is 2. The third kappa shape index (κ3) is 3.75. The van der Waals surface area contributed by atoms with E-state index in [1.807, 2.05) is 6.92 Å². The lowest BCUT2D eigenvalue weighted by Crippen LogP contribution is -2.39. The Morgan fingerprint density at radius 3 is 2.52 bits per heavy atom. The number of hydrogen-bond acceptors (Lipinski definition) is 4. The molecule has 1 aromatic heterocycles. The average Bonchev–Trinajstić information content (AvgIpc) is 2.48. The van der Waals surface area contributed by atoms with Gasteiger partial charge in [-0.15, -0.1) is 0 Å². The molecule has 0 spiro atoms. The fourth-order valence-corrected chi connectivity index (χ4v) is 1.98. The Bertz CT molecular complexity index is 701. The van der Waals surface area contributed by atoms with Gasteiger partial charge in [-0.05, 0) is 37.6 Å². The second-order valence-electron chi connectivity index (χ2n) is 4.65. The maximum atomic E-state index is 12.0. The smallest absolute Gasteiger partial charge is 0.330 e. The zero-order chi connectivity index (χ0) is 15.2. The number of hydrogen-bond donors (Lipinski definition) is 1. The molecule has 1 aromatic carbocycles. The topological polar surface area (TPSA) is 79.2 Å². The molecule has 6 nitrogen and oxygen atoms in total. The van der Waals surface area contributed by atoms with E-state index in [4.69, 9.17) is 10.5 Å². The monoisotopic (exact) mass is 289 g/mol. The molecule has 0 aliphatic heterocycles. The highest BCUT2D eigenvalue weighted by Crippen LogP contribution is 2.13. The van der Waals surface area contributed by atoms with Crippen LogP contribution in [0.25, 0.3) is 0 Å². The summed E-state index contributed by atoms with van der Waals surface area (Å²) in [5, 5.41) is 0. The molecular weight excluding hydrogens is 270 g/mol. The molecule has 1 heterocycles. The molecule has 2 rings (SSSR count). The zero-order valence-electron chi connectivity index (χ0n) is 12.0. The fourth-order valence-electron chi connectivity index (χ4n) is 1.98. The maximum absolute atomic E-state index is 12.0. The predicted molar refractivity (Wildman–Crippen MR) is 81.6 cm³/mol. The summed E-state index contributed by atoms with van der Waals surface area (Å²) in [6, 6.07) is 8.50. The second-order valence-corrected chi connectivity index (χ2v) is 4.65. The lowest BCUT2D eigenvalue weighted by Gasteiger charge is -2.09. The molecule has 0 unspecified atom stereocenters. The fraction of sp³-hybridized carbons (Fsp3) is 0.333. The molecule has 2 N–H and O–H groups in total. The van der Waals surface area contributed by atoms with Crippen LogP contribution in [-0.4, -0.2) is 15.7 Å². The molecule has 2 aromatic rings. The molecule has 0 amide bonds. The largest absolute Gasteiger partial charge is 0.494 e. The van der Waals surface area contributed by atoms with Gasteiger partial charge in [0.25, 0.3) is 5.56 Å². The van der Waals surface area contributed by atoms with E-state index >= 15 is 0 Å². The van der Waals surface area contributed by atoms with Crippen LogP contribution >= 0.6 is 0 Å². The average molecular weight is 289 g/mol. The molecule has 0 fully saturated rings. The summed E-state index contributed by atoms with van der Waals surface area (Å²) in [5.41, 5.74) is 5.71. The molecule has 0 radical (unpaired) electrons. The van der Waals surface area contributed by atoms with Crippen LogP contribution in [0.4, 0.5) is 5.69 Å². The summed E-state index contributed by atoms with van der Waals surface area (Å²) in [6.45, 7) is 3.17. The third-order valence-corrected chi connectivity index (χ3v) is 3.16. The van der Waals surface area contributed by atoms with E-state index in [-0.39, 0.29) is 11.2 Å². The maximum Gasteiger partial charge on any atom is 0.330 e. The molecule has 0 saturated carbocycles. The normalized spacial score (nSPS) is 10.5. The van der Waals surface area contributed by atoms with Gasteiger partial charge in [-0.1, -0.05) is 0 Å². The quantitative estimate of drug-likeness (QED) is 0.637. The molecule has 0 saturated heterocycles. The van der Waals surface area contributed by atoms with E-state index in [0.717, 1.165) is 5.75 Å². The van der Waals surface area contributed by atoms with Crippen LogP contribution in [0.15, 0.2) is 46.1 Å². The Morgan fingerprint density at radius 2 is 1.86 bits per heavy atom. The number of aromatic nitrogens is 2. The Labute approximate surface area is 122 Å². The molecule has 6 heteroatoms. The first-order valence-corrected chi connectivity index (χ1v) is 6.90. The number of benzene rings is 1. The van der Waals surface area contributed by atoms with E-state index in [2.05, 4.69) is 0 Å². The predicted octanol–water partition coefficient (Wildman–Crippen LogP) is 1.08. The highest BCUT2D eigenvalue weighted by atomic mass is 16.5. The molecule has 0 aliphatic rings. The van der Waals surface area contributed by atoms with Crippen molar-refractivity contribution in [2.45, 2.75) is 26.4 Å². The van der Waals surface area contributed by atoms with Crippen molar-refractivity contribution < 1.29 is 4.74 Å². The summed E-state index contributed by atoms with van der Waals surface area (Å²) in [6.07, 6.45) is 2.10. The summed E-state index contributed by atoms with van der Waals surface area (Å²) in [7, 11) is 0. The number of rotatable bonds is 6. The molecule has 0 atom stereocenters. The SMILES string of the molecule is CCn1ccc(=O)n(CCCOc2ccc(N)cc2)c1=O. The van der Waals surface area contributed by atoms with Crippen molar-refractivity contribution >= 4 is 5.69 Å². The van der Waals surface area contributed by atoms with Crippen LogP contribution in [-0.2, 0) is 13.1 Å². The van der Waals surface area contributed by atoms with Gasteiger partial charge in [-0.25, -0.2) is 4.79 Å². The summed E-state index contributed by atoms with van der Waals surface area (Å²) in [4.78, 5) is 23.7. The third-order valence-electron chi connectivity index (χ3n) is 3.16. The minimum absolute atomic E-state index is 0.280. The van der Waals surface area contributed by atoms with Gasteiger partial charge in [0.05, 0.1) is 6.61 Å². The van der Waals surface area contributed by atoms with E-state index in [0.29, 0.717) is 31.8 Å². The first-order chi connectivity index (χ1) is 10.1. The Morgan fingerprint density at radius 1 is 1.14 bits per heavy atom. The first kappa shape index (κ1) is 14.9. The van der Waals surface area contributed by atoms with Crippen molar-refractivity contribution in [3.63, 3.8) is 0 Å². The van der Waals surface area contributed by atoms with Gasteiger partial charge in [0.15, 0.2) is 0 Å². The number of aryl methyl sites for hydroxylation is 1. The summed E-state index contributed by atoms with van der Waals surface area (Å²) >= 11 is 0. The zero-order valence-corrected chi connectivity index (χ0v) is 12.0. The van der Waals surface area contributed by atoms with Gasteiger partial charge in [0.1, 0.15) is 5.75 Å². The van der Waals surface area contributed by atoms with Gasteiger partial charge >= 0.3 is 5.69 Å². The molecule has 112 valence electrons. The first-order valence-electron chi connectivity index (χ1n) is 6.90. The van der Waals surface area contributed by atoms with Crippen molar-refractivity contribution in [3.05, 3.63) is 57.4 Å². The van der Waals surface area contributed by atoms with Crippen molar-refractivity contribution in [2.24, 2.45) is 0 Å². The number of ether oxygens (including phenoxy) is 1. The van der Waals surface area contributed by atoms with Crippen molar-refractivity contribution in [2.75, 3.05) is 12.3 Å². The van der Waals surface area contributed by atoms with E-state index in [1.165, 1.54) is 21.4 Å². The van der Waals surface area contributed by atoms with Gasteiger partial charge in [0.2, 0.25) is 0 Å². The second kappa shape index (κ2) is 6.78. The van der Waals surface area contributed by atoms with E-state index in [9.17, 15) is 9.59 Å². The minimum atomic E-state index is -0.280. The Hall–Kier alpha value is -2.50. The van der Waals surface area contributed by atoms with Gasteiger partial charge in [0, 0.05) is 31.0 Å². The highest BCUT2D eigenvalue weighted by Gasteiger charge is 2.04. The number of nitrogens with two attached hydrogens (primary N) is 1. The minimum Gasteiger partial charge on any atom is -0.494 e. The molecular formula is C15H19N3O3. The van der Waals surface area contributed by atoms with Crippen molar-refractivity contribution in [1.29, 1.82) is 0 Å². The lowest BCUT2D eigenvalue weighted by atomic mass is 10.3. The van der Waals surface area contributed by atoms with Crippen LogP contribution in [0.1, 0.15) is 13.3 Å². The Balaban J connectivity index is 1.93. The Kier molecular flexibility index (Phi) is 4.81. The van der Waals surface area contributed by atoms with Gasteiger partial charge in [-0.2, -0.15) is 0 Å². The van der Waals surface area contributed by atoms with Gasteiger partial charge < -0.3 is 15.0 Å². The number of anilines is 1.